The topological polar surface area (TPSA) is 91.0 Å². The van der Waals surface area contributed by atoms with Crippen LogP contribution < -0.4 is 16.4 Å². The maximum absolute atomic E-state index is 11.9. The molecule has 0 aromatic heterocycles. The quantitative estimate of drug-likeness (QED) is 0.501. The van der Waals surface area contributed by atoms with E-state index >= 15 is 0 Å². The molecule has 0 atom stereocenters. The van der Waals surface area contributed by atoms with Crippen molar-refractivity contribution in [1.82, 2.24) is 5.32 Å². The lowest BCUT2D eigenvalue weighted by Crippen LogP contribution is -2.37. The first kappa shape index (κ1) is 14.8. The van der Waals surface area contributed by atoms with Gasteiger partial charge in [-0.1, -0.05) is 12.1 Å². The minimum absolute atomic E-state index is 0.187. The van der Waals surface area contributed by atoms with Crippen LogP contribution in [0.15, 0.2) is 18.2 Å². The lowest BCUT2D eigenvalue weighted by Gasteiger charge is -2.13. The summed E-state index contributed by atoms with van der Waals surface area (Å²) in [6.45, 7) is 0.246. The Labute approximate surface area is 107 Å². The first-order valence-corrected chi connectivity index (χ1v) is 5.26. The fraction of sp³-hybridized carbons (Fsp3) is 0.273. The van der Waals surface area contributed by atoms with Crippen molar-refractivity contribution in [1.29, 1.82) is 5.41 Å². The van der Waals surface area contributed by atoms with Crippen LogP contribution in [0.3, 0.4) is 0 Å². The second kappa shape index (κ2) is 5.59. The van der Waals surface area contributed by atoms with Crippen molar-refractivity contribution < 1.29 is 18.0 Å². The maximum Gasteiger partial charge on any atom is 0.405 e. The number of hydrogen-bond acceptors (Lipinski definition) is 2. The summed E-state index contributed by atoms with van der Waals surface area (Å²) in [5.41, 5.74) is 6.48. The number of urea groups is 1. The summed E-state index contributed by atoms with van der Waals surface area (Å²) < 4.78 is 35.8. The first-order chi connectivity index (χ1) is 8.70. The molecule has 0 radical (unpaired) electrons. The number of carbonyl (C=O) groups excluding carboxylic acids is 1. The molecule has 0 fully saturated rings. The standard InChI is InChI=1S/C11H13F3N4O/c1-6-3-2-4-7(8(6)9(15)16)18-10(19)17-5-11(12,13)14/h2-4H,5H2,1H3,(H3,15,16)(H2,17,18,19). The van der Waals surface area contributed by atoms with Gasteiger partial charge in [-0.2, -0.15) is 13.2 Å². The Balaban J connectivity index is 2.80. The molecule has 104 valence electrons. The van der Waals surface area contributed by atoms with Crippen molar-refractivity contribution in [3.8, 4) is 0 Å². The number of carbonyl (C=O) groups is 1. The van der Waals surface area contributed by atoms with Crippen molar-refractivity contribution >= 4 is 17.6 Å². The maximum atomic E-state index is 11.9. The first-order valence-electron chi connectivity index (χ1n) is 5.26. The molecule has 0 saturated carbocycles. The van der Waals surface area contributed by atoms with E-state index in [4.69, 9.17) is 11.1 Å². The monoisotopic (exact) mass is 274 g/mol. The number of nitrogen functional groups attached to an aromatic ring is 1. The minimum atomic E-state index is -4.48. The van der Waals surface area contributed by atoms with Gasteiger partial charge in [-0.05, 0) is 18.6 Å². The van der Waals surface area contributed by atoms with Gasteiger partial charge in [0.05, 0.1) is 5.69 Å². The number of amides is 2. The summed E-state index contributed by atoms with van der Waals surface area (Å²) >= 11 is 0. The Hall–Kier alpha value is -2.25. The largest absolute Gasteiger partial charge is 0.405 e. The average Bonchev–Trinajstić information content (AvgIpc) is 2.25. The van der Waals surface area contributed by atoms with Crippen LogP contribution in [0.5, 0.6) is 0 Å². The molecule has 1 aromatic rings. The number of aryl methyl sites for hydroxylation is 1. The van der Waals surface area contributed by atoms with Crippen molar-refractivity contribution in [2.24, 2.45) is 5.73 Å². The van der Waals surface area contributed by atoms with Crippen LogP contribution in [0.25, 0.3) is 0 Å². The van der Waals surface area contributed by atoms with Crippen LogP contribution in [-0.4, -0.2) is 24.6 Å². The van der Waals surface area contributed by atoms with Gasteiger partial charge in [-0.3, -0.25) is 5.41 Å². The summed E-state index contributed by atoms with van der Waals surface area (Å²) in [5, 5.41) is 11.3. The summed E-state index contributed by atoms with van der Waals surface area (Å²) in [7, 11) is 0. The zero-order valence-electron chi connectivity index (χ0n) is 10.1. The van der Waals surface area contributed by atoms with E-state index in [2.05, 4.69) is 5.32 Å². The van der Waals surface area contributed by atoms with Gasteiger partial charge in [0.15, 0.2) is 0 Å². The van der Waals surface area contributed by atoms with Crippen LogP contribution in [0.4, 0.5) is 23.7 Å². The van der Waals surface area contributed by atoms with Gasteiger partial charge in [0.1, 0.15) is 12.4 Å². The SMILES string of the molecule is Cc1cccc(NC(=O)NCC(F)(F)F)c1C(=N)N. The predicted molar refractivity (Wildman–Crippen MR) is 65.3 cm³/mol. The van der Waals surface area contributed by atoms with Gasteiger partial charge < -0.3 is 16.4 Å². The molecule has 0 aliphatic rings. The molecular weight excluding hydrogens is 261 g/mol. The van der Waals surface area contributed by atoms with E-state index < -0.39 is 18.8 Å². The average molecular weight is 274 g/mol. The molecule has 0 saturated heterocycles. The number of amidine groups is 1. The number of anilines is 1. The van der Waals surface area contributed by atoms with Crippen LogP contribution >= 0.6 is 0 Å². The molecule has 0 heterocycles. The lowest BCUT2D eigenvalue weighted by molar-refractivity contribution is -0.122. The highest BCUT2D eigenvalue weighted by Crippen LogP contribution is 2.19. The molecule has 0 spiro atoms. The number of alkyl halides is 3. The third-order valence-electron chi connectivity index (χ3n) is 2.24. The fourth-order valence-corrected chi connectivity index (χ4v) is 1.48. The Morgan fingerprint density at radius 3 is 2.58 bits per heavy atom. The van der Waals surface area contributed by atoms with E-state index in [1.807, 2.05) is 0 Å². The van der Waals surface area contributed by atoms with E-state index in [9.17, 15) is 18.0 Å². The van der Waals surface area contributed by atoms with Gasteiger partial charge >= 0.3 is 12.2 Å². The Kier molecular flexibility index (Phi) is 4.36. The fourth-order valence-electron chi connectivity index (χ4n) is 1.48. The molecular formula is C11H13F3N4O. The van der Waals surface area contributed by atoms with Gasteiger partial charge in [0.2, 0.25) is 0 Å². The zero-order valence-corrected chi connectivity index (χ0v) is 10.1. The van der Waals surface area contributed by atoms with Crippen LogP contribution in [0.2, 0.25) is 0 Å². The number of nitrogens with one attached hydrogen (secondary N) is 3. The number of benzene rings is 1. The van der Waals surface area contributed by atoms with E-state index in [0.717, 1.165) is 0 Å². The summed E-state index contributed by atoms with van der Waals surface area (Å²) in [6, 6.07) is 3.72. The molecule has 0 aliphatic heterocycles. The zero-order chi connectivity index (χ0) is 14.6. The van der Waals surface area contributed by atoms with E-state index in [1.165, 1.54) is 6.07 Å². The molecule has 1 aromatic carbocycles. The Bertz CT molecular complexity index is 499. The Morgan fingerprint density at radius 2 is 2.05 bits per heavy atom. The molecule has 8 heteroatoms. The van der Waals surface area contributed by atoms with E-state index in [-0.39, 0.29) is 17.1 Å². The second-order valence-corrected chi connectivity index (χ2v) is 3.83. The summed E-state index contributed by atoms with van der Waals surface area (Å²) in [4.78, 5) is 11.3. The van der Waals surface area contributed by atoms with Crippen molar-refractivity contribution in [3.63, 3.8) is 0 Å². The minimum Gasteiger partial charge on any atom is -0.384 e. The number of nitrogens with two attached hydrogens (primary N) is 1. The van der Waals surface area contributed by atoms with Crippen LogP contribution in [0, 0.1) is 12.3 Å². The molecule has 5 nitrogen and oxygen atoms in total. The summed E-state index contributed by atoms with van der Waals surface area (Å²) in [5.74, 6) is -0.274. The highest BCUT2D eigenvalue weighted by Gasteiger charge is 2.27. The summed E-state index contributed by atoms with van der Waals surface area (Å²) in [6.07, 6.45) is -4.48. The lowest BCUT2D eigenvalue weighted by atomic mass is 10.1. The van der Waals surface area contributed by atoms with Crippen molar-refractivity contribution in [2.75, 3.05) is 11.9 Å². The molecule has 0 aliphatic carbocycles. The van der Waals surface area contributed by atoms with Crippen molar-refractivity contribution in [3.05, 3.63) is 29.3 Å². The molecule has 2 amide bonds. The van der Waals surface area contributed by atoms with E-state index in [0.29, 0.717) is 5.56 Å². The molecule has 0 bridgehead atoms. The van der Waals surface area contributed by atoms with Gasteiger partial charge in [0.25, 0.3) is 0 Å². The molecule has 19 heavy (non-hydrogen) atoms. The highest BCUT2D eigenvalue weighted by atomic mass is 19.4. The normalized spacial score (nSPS) is 10.9. The molecule has 1 rings (SSSR count). The molecule has 0 unspecified atom stereocenters. The van der Waals surface area contributed by atoms with Gasteiger partial charge in [-0.15, -0.1) is 0 Å². The van der Waals surface area contributed by atoms with Crippen LogP contribution in [-0.2, 0) is 0 Å². The van der Waals surface area contributed by atoms with Crippen LogP contribution in [0.1, 0.15) is 11.1 Å². The smallest absolute Gasteiger partial charge is 0.384 e. The van der Waals surface area contributed by atoms with Crippen molar-refractivity contribution in [2.45, 2.75) is 13.1 Å². The van der Waals surface area contributed by atoms with Gasteiger partial charge in [0, 0.05) is 5.56 Å². The molecule has 5 N–H and O–H groups in total. The van der Waals surface area contributed by atoms with E-state index in [1.54, 1.807) is 24.4 Å². The highest BCUT2D eigenvalue weighted by molar-refractivity contribution is 6.05. The second-order valence-electron chi connectivity index (χ2n) is 3.83. The number of halogens is 3. The predicted octanol–water partition coefficient (Wildman–Crippen LogP) is 1.96. The third kappa shape index (κ3) is 4.49. The number of rotatable bonds is 3. The third-order valence-corrected chi connectivity index (χ3v) is 2.24. The Morgan fingerprint density at radius 1 is 1.42 bits per heavy atom. The number of hydrogen-bond donors (Lipinski definition) is 4. The van der Waals surface area contributed by atoms with Gasteiger partial charge in [-0.25, -0.2) is 4.79 Å².